The fourth-order valence-electron chi connectivity index (χ4n) is 3.63. The number of hydrogen-bond donors (Lipinski definition) is 1. The van der Waals surface area contributed by atoms with Crippen molar-refractivity contribution in [3.63, 3.8) is 0 Å². The standard InChI is InChI=1S/C17H24BrN3/c1-3-12-7-9-17(19,10-8-12)16-20-14-11-13(18)5-6-15(14)21(16)4-2/h5-6,11-12H,3-4,7-10,19H2,1-2H3. The number of halogens is 1. The molecule has 0 saturated heterocycles. The topological polar surface area (TPSA) is 43.8 Å². The molecule has 2 N–H and O–H groups in total. The van der Waals surface area contributed by atoms with E-state index in [2.05, 4.69) is 52.5 Å². The van der Waals surface area contributed by atoms with Gasteiger partial charge in [-0.25, -0.2) is 4.98 Å². The largest absolute Gasteiger partial charge is 0.327 e. The summed E-state index contributed by atoms with van der Waals surface area (Å²) in [6.07, 6.45) is 5.83. The van der Waals surface area contributed by atoms with Gasteiger partial charge in [0.1, 0.15) is 5.82 Å². The molecule has 2 aromatic rings. The summed E-state index contributed by atoms with van der Waals surface area (Å²) in [5.74, 6) is 1.92. The first kappa shape index (κ1) is 15.0. The second kappa shape index (κ2) is 5.73. The molecule has 3 rings (SSSR count). The lowest BCUT2D eigenvalue weighted by Gasteiger charge is -2.36. The van der Waals surface area contributed by atoms with Crippen molar-refractivity contribution >= 4 is 27.0 Å². The van der Waals surface area contributed by atoms with Gasteiger partial charge in [-0.2, -0.15) is 0 Å². The normalized spacial score (nSPS) is 26.4. The van der Waals surface area contributed by atoms with E-state index in [9.17, 15) is 0 Å². The third-order valence-electron chi connectivity index (χ3n) is 5.05. The molecular formula is C17H24BrN3. The molecule has 1 aromatic heterocycles. The Bertz CT molecular complexity index is 639. The number of nitrogens with zero attached hydrogens (tertiary/aromatic N) is 2. The molecule has 1 aliphatic carbocycles. The molecule has 0 bridgehead atoms. The zero-order valence-corrected chi connectivity index (χ0v) is 14.5. The van der Waals surface area contributed by atoms with E-state index < -0.39 is 0 Å². The minimum absolute atomic E-state index is 0.257. The van der Waals surface area contributed by atoms with E-state index in [1.807, 2.05) is 0 Å². The van der Waals surface area contributed by atoms with Crippen LogP contribution >= 0.6 is 15.9 Å². The van der Waals surface area contributed by atoms with Crippen molar-refractivity contribution in [2.45, 2.75) is 58.0 Å². The number of nitrogens with two attached hydrogens (primary N) is 1. The van der Waals surface area contributed by atoms with Gasteiger partial charge >= 0.3 is 0 Å². The van der Waals surface area contributed by atoms with Crippen molar-refractivity contribution in [1.82, 2.24) is 9.55 Å². The van der Waals surface area contributed by atoms with Gasteiger partial charge in [0.05, 0.1) is 16.6 Å². The summed E-state index contributed by atoms with van der Waals surface area (Å²) in [4.78, 5) is 4.90. The van der Waals surface area contributed by atoms with Crippen LogP contribution in [0.25, 0.3) is 11.0 Å². The lowest BCUT2D eigenvalue weighted by atomic mass is 9.75. The zero-order chi connectivity index (χ0) is 15.0. The maximum Gasteiger partial charge on any atom is 0.130 e. The van der Waals surface area contributed by atoms with Crippen LogP contribution < -0.4 is 5.73 Å². The monoisotopic (exact) mass is 349 g/mol. The number of rotatable bonds is 3. The molecule has 0 aliphatic heterocycles. The molecule has 1 aliphatic rings. The van der Waals surface area contributed by atoms with E-state index in [0.29, 0.717) is 0 Å². The second-order valence-electron chi connectivity index (χ2n) is 6.32. The Kier molecular flexibility index (Phi) is 4.10. The van der Waals surface area contributed by atoms with Crippen molar-refractivity contribution in [3.8, 4) is 0 Å². The molecule has 1 heterocycles. The van der Waals surface area contributed by atoms with Crippen molar-refractivity contribution in [1.29, 1.82) is 0 Å². The van der Waals surface area contributed by atoms with Crippen LogP contribution in [-0.2, 0) is 12.1 Å². The summed E-state index contributed by atoms with van der Waals surface area (Å²) in [5, 5.41) is 0. The van der Waals surface area contributed by atoms with Crippen molar-refractivity contribution in [2.24, 2.45) is 11.7 Å². The Morgan fingerprint density at radius 1 is 1.33 bits per heavy atom. The predicted octanol–water partition coefficient (Wildman–Crippen LogP) is 4.57. The highest BCUT2D eigenvalue weighted by molar-refractivity contribution is 9.10. The quantitative estimate of drug-likeness (QED) is 0.881. The minimum atomic E-state index is -0.257. The SMILES string of the molecule is CCC1CCC(N)(c2nc3cc(Br)ccc3n2CC)CC1. The zero-order valence-electron chi connectivity index (χ0n) is 12.9. The Morgan fingerprint density at radius 3 is 2.67 bits per heavy atom. The van der Waals surface area contributed by atoms with Crippen molar-refractivity contribution < 1.29 is 0 Å². The fraction of sp³-hybridized carbons (Fsp3) is 0.588. The fourth-order valence-corrected chi connectivity index (χ4v) is 3.98. The van der Waals surface area contributed by atoms with E-state index in [-0.39, 0.29) is 5.54 Å². The van der Waals surface area contributed by atoms with Gasteiger partial charge in [0.15, 0.2) is 0 Å². The van der Waals surface area contributed by atoms with Gasteiger partial charge in [-0.3, -0.25) is 0 Å². The number of fused-ring (bicyclic) bond motifs is 1. The van der Waals surface area contributed by atoms with Crippen LogP contribution in [0.3, 0.4) is 0 Å². The van der Waals surface area contributed by atoms with Crippen molar-refractivity contribution in [3.05, 3.63) is 28.5 Å². The number of aryl methyl sites for hydroxylation is 1. The first-order valence-corrected chi connectivity index (χ1v) is 8.82. The lowest BCUT2D eigenvalue weighted by Crippen LogP contribution is -2.42. The Hall–Kier alpha value is -0.870. The highest BCUT2D eigenvalue weighted by atomic mass is 79.9. The van der Waals surface area contributed by atoms with Gasteiger partial charge in [0.2, 0.25) is 0 Å². The van der Waals surface area contributed by atoms with Crippen LogP contribution in [0.1, 0.15) is 51.8 Å². The number of aromatic nitrogens is 2. The van der Waals surface area contributed by atoms with E-state index in [4.69, 9.17) is 10.7 Å². The maximum atomic E-state index is 6.78. The highest BCUT2D eigenvalue weighted by Gasteiger charge is 2.36. The summed E-state index contributed by atoms with van der Waals surface area (Å²) in [7, 11) is 0. The molecule has 114 valence electrons. The molecule has 0 spiro atoms. The molecular weight excluding hydrogens is 326 g/mol. The third-order valence-corrected chi connectivity index (χ3v) is 5.54. The summed E-state index contributed by atoms with van der Waals surface area (Å²) in [5.41, 5.74) is 8.76. The number of hydrogen-bond acceptors (Lipinski definition) is 2. The summed E-state index contributed by atoms with van der Waals surface area (Å²) in [6, 6.07) is 6.31. The van der Waals surface area contributed by atoms with Gasteiger partial charge < -0.3 is 10.3 Å². The first-order valence-electron chi connectivity index (χ1n) is 8.02. The lowest BCUT2D eigenvalue weighted by molar-refractivity contribution is 0.218. The Morgan fingerprint density at radius 2 is 2.05 bits per heavy atom. The molecule has 4 heteroatoms. The van der Waals surface area contributed by atoms with Gasteiger partial charge in [0, 0.05) is 11.0 Å². The molecule has 0 radical (unpaired) electrons. The molecule has 0 amide bonds. The maximum absolute atomic E-state index is 6.78. The smallest absolute Gasteiger partial charge is 0.130 e. The van der Waals surface area contributed by atoms with Gasteiger partial charge in [0.25, 0.3) is 0 Å². The first-order chi connectivity index (χ1) is 10.1. The van der Waals surface area contributed by atoms with Crippen molar-refractivity contribution in [2.75, 3.05) is 0 Å². The highest BCUT2D eigenvalue weighted by Crippen LogP contribution is 2.39. The molecule has 3 nitrogen and oxygen atoms in total. The third kappa shape index (κ3) is 2.64. The molecule has 1 aromatic carbocycles. The number of imidazole rings is 1. The summed E-state index contributed by atoms with van der Waals surface area (Å²) in [6.45, 7) is 5.38. The Balaban J connectivity index is 2.03. The molecule has 1 saturated carbocycles. The number of benzene rings is 1. The van der Waals surface area contributed by atoms with E-state index in [1.165, 1.54) is 24.8 Å². The van der Waals surface area contributed by atoms with Gasteiger partial charge in [-0.1, -0.05) is 29.3 Å². The van der Waals surface area contributed by atoms with Gasteiger partial charge in [-0.15, -0.1) is 0 Å². The van der Waals surface area contributed by atoms with Crippen LogP contribution in [0.4, 0.5) is 0 Å². The van der Waals surface area contributed by atoms with E-state index in [0.717, 1.165) is 41.1 Å². The van der Waals surface area contributed by atoms with Crippen LogP contribution in [0.2, 0.25) is 0 Å². The van der Waals surface area contributed by atoms with Gasteiger partial charge in [-0.05, 0) is 56.7 Å². The average molecular weight is 350 g/mol. The molecule has 21 heavy (non-hydrogen) atoms. The molecule has 1 fully saturated rings. The van der Waals surface area contributed by atoms with Crippen LogP contribution in [-0.4, -0.2) is 9.55 Å². The summed E-state index contributed by atoms with van der Waals surface area (Å²) < 4.78 is 3.37. The van der Waals surface area contributed by atoms with Crippen LogP contribution in [0, 0.1) is 5.92 Å². The molecule has 0 unspecified atom stereocenters. The van der Waals surface area contributed by atoms with E-state index in [1.54, 1.807) is 0 Å². The predicted molar refractivity (Wildman–Crippen MR) is 91.2 cm³/mol. The average Bonchev–Trinajstić information content (AvgIpc) is 2.86. The minimum Gasteiger partial charge on any atom is -0.327 e. The summed E-state index contributed by atoms with van der Waals surface area (Å²) >= 11 is 3.53. The van der Waals surface area contributed by atoms with Crippen LogP contribution in [0.5, 0.6) is 0 Å². The van der Waals surface area contributed by atoms with Crippen LogP contribution in [0.15, 0.2) is 22.7 Å². The second-order valence-corrected chi connectivity index (χ2v) is 7.24. The van der Waals surface area contributed by atoms with E-state index >= 15 is 0 Å². The Labute approximate surface area is 135 Å². The molecule has 0 atom stereocenters.